The van der Waals surface area contributed by atoms with Gasteiger partial charge in [0.15, 0.2) is 12.4 Å². The summed E-state index contributed by atoms with van der Waals surface area (Å²) in [5.41, 5.74) is 0.329. The van der Waals surface area contributed by atoms with Crippen LogP contribution in [0.3, 0.4) is 0 Å². The number of pyridine rings is 1. The highest BCUT2D eigenvalue weighted by Crippen LogP contribution is 2.30. The molecule has 0 aliphatic heterocycles. The number of ether oxygens (including phenoxy) is 2. The topological polar surface area (TPSA) is 134 Å². The Kier molecular flexibility index (Phi) is 6.65. The molecular weight excluding hydrogens is 509 g/mol. The quantitative estimate of drug-likeness (QED) is 0.285. The van der Waals surface area contributed by atoms with Crippen molar-refractivity contribution >= 4 is 28.6 Å². The number of carbonyl (C=O) groups excluding carboxylic acids is 2. The van der Waals surface area contributed by atoms with E-state index < -0.39 is 36.4 Å². The molecule has 0 spiro atoms. The first-order chi connectivity index (χ1) is 17.4. The minimum absolute atomic E-state index is 0.0315. The molecule has 0 fully saturated rings. The molecule has 16 heteroatoms. The summed E-state index contributed by atoms with van der Waals surface area (Å²) >= 11 is 0. The number of halogens is 5. The van der Waals surface area contributed by atoms with Gasteiger partial charge >= 0.3 is 18.1 Å². The number of rotatable bonds is 7. The molecule has 11 nitrogen and oxygen atoms in total. The molecule has 0 atom stereocenters. The molecule has 0 aliphatic rings. The second-order valence-corrected chi connectivity index (χ2v) is 7.39. The fourth-order valence-corrected chi connectivity index (χ4v) is 2.93. The van der Waals surface area contributed by atoms with Gasteiger partial charge in [0.25, 0.3) is 5.91 Å². The van der Waals surface area contributed by atoms with E-state index in [-0.39, 0.29) is 23.3 Å². The summed E-state index contributed by atoms with van der Waals surface area (Å²) in [5.74, 6) is -8.12. The smallest absolute Gasteiger partial charge is 0.449 e. The maximum Gasteiger partial charge on any atom is 0.490 e. The Morgan fingerprint density at radius 1 is 1.05 bits per heavy atom. The average Bonchev–Trinajstić information content (AvgIpc) is 3.25. The second-order valence-electron chi connectivity index (χ2n) is 7.39. The first-order valence-corrected chi connectivity index (χ1v) is 10.1. The van der Waals surface area contributed by atoms with Gasteiger partial charge in [0.05, 0.1) is 17.9 Å². The van der Waals surface area contributed by atoms with Crippen LogP contribution in [0.5, 0.6) is 11.6 Å². The minimum Gasteiger partial charge on any atom is -0.449 e. The Bertz CT molecular complexity index is 1460. The van der Waals surface area contributed by atoms with Gasteiger partial charge in [-0.25, -0.2) is 24.7 Å². The Morgan fingerprint density at radius 2 is 1.78 bits per heavy atom. The normalized spacial score (nSPS) is 11.8. The molecule has 0 radical (unpaired) electrons. The van der Waals surface area contributed by atoms with Crippen LogP contribution in [0.2, 0.25) is 0 Å². The number of anilines is 1. The first kappa shape index (κ1) is 25.3. The van der Waals surface area contributed by atoms with E-state index in [1.165, 1.54) is 47.8 Å². The van der Waals surface area contributed by atoms with E-state index in [4.69, 9.17) is 4.74 Å². The van der Waals surface area contributed by atoms with Gasteiger partial charge in [-0.3, -0.25) is 4.79 Å². The largest absolute Gasteiger partial charge is 0.490 e. The monoisotopic (exact) mass is 523 g/mol. The van der Waals surface area contributed by atoms with Crippen LogP contribution in [0, 0.1) is 0 Å². The SMILES string of the molecule is CC(F)(F)c1nc(Oc2cncnc2)cc(-n2ccc3cnc(NC(=O)COC(=O)C(F)(F)F)cc32)n1. The van der Waals surface area contributed by atoms with Gasteiger partial charge in [-0.05, 0) is 6.07 Å². The molecule has 0 aliphatic carbocycles. The highest BCUT2D eigenvalue weighted by atomic mass is 19.4. The van der Waals surface area contributed by atoms with Gasteiger partial charge in [-0.15, -0.1) is 0 Å². The molecular formula is C21H14F5N7O4. The summed E-state index contributed by atoms with van der Waals surface area (Å²) in [7, 11) is 0. The molecule has 37 heavy (non-hydrogen) atoms. The van der Waals surface area contributed by atoms with Gasteiger partial charge in [0.2, 0.25) is 11.7 Å². The predicted octanol–water partition coefficient (Wildman–Crippen LogP) is 3.55. The summed E-state index contributed by atoms with van der Waals surface area (Å²) in [4.78, 5) is 41.9. The van der Waals surface area contributed by atoms with Gasteiger partial charge in [-0.1, -0.05) is 0 Å². The standard InChI is InChI=1S/C21H14F5N7O4/c1-20(22,23)18-31-15(5-17(32-18)37-12-7-27-10-28-8-12)33-3-2-11-6-29-14(4-13(11)33)30-16(34)9-36-19(35)21(24,25)26/h2-8,10H,9H2,1H3,(H,29,30,34). The number of nitrogens with zero attached hydrogens (tertiary/aromatic N) is 6. The van der Waals surface area contributed by atoms with Gasteiger partial charge in [0, 0.05) is 36.8 Å². The molecule has 1 N–H and O–H groups in total. The zero-order valence-electron chi connectivity index (χ0n) is 18.5. The molecule has 0 saturated carbocycles. The number of esters is 1. The van der Waals surface area contributed by atoms with Crippen molar-refractivity contribution in [1.29, 1.82) is 0 Å². The van der Waals surface area contributed by atoms with Crippen LogP contribution in [-0.2, 0) is 20.2 Å². The molecule has 4 aromatic heterocycles. The number of hydrogen-bond acceptors (Lipinski definition) is 9. The summed E-state index contributed by atoms with van der Waals surface area (Å²) < 4.78 is 75.7. The molecule has 4 aromatic rings. The number of amides is 1. The van der Waals surface area contributed by atoms with Crippen LogP contribution >= 0.6 is 0 Å². The van der Waals surface area contributed by atoms with Crippen molar-refractivity contribution in [3.63, 3.8) is 0 Å². The van der Waals surface area contributed by atoms with E-state index in [0.29, 0.717) is 17.8 Å². The van der Waals surface area contributed by atoms with E-state index >= 15 is 0 Å². The second kappa shape index (κ2) is 9.71. The fourth-order valence-electron chi connectivity index (χ4n) is 2.93. The van der Waals surface area contributed by atoms with E-state index in [0.717, 1.165) is 0 Å². The Balaban J connectivity index is 1.64. The lowest BCUT2D eigenvalue weighted by Crippen LogP contribution is -2.29. The summed E-state index contributed by atoms with van der Waals surface area (Å²) in [6, 6.07) is 4.17. The molecule has 4 heterocycles. The molecule has 0 aromatic carbocycles. The number of aromatic nitrogens is 6. The molecule has 0 unspecified atom stereocenters. The third-order valence-corrected chi connectivity index (χ3v) is 4.50. The number of hydrogen-bond donors (Lipinski definition) is 1. The van der Waals surface area contributed by atoms with Crippen LogP contribution in [0.4, 0.5) is 27.8 Å². The predicted molar refractivity (Wildman–Crippen MR) is 114 cm³/mol. The number of carbonyl (C=O) groups is 2. The highest BCUT2D eigenvalue weighted by Gasteiger charge is 2.41. The van der Waals surface area contributed by atoms with Crippen molar-refractivity contribution in [3.05, 3.63) is 55.1 Å². The summed E-state index contributed by atoms with van der Waals surface area (Å²) in [6.07, 6.45) is 1.41. The Labute approximate surface area is 203 Å². The van der Waals surface area contributed by atoms with Crippen LogP contribution < -0.4 is 10.1 Å². The first-order valence-electron chi connectivity index (χ1n) is 10.1. The molecule has 4 rings (SSSR count). The van der Waals surface area contributed by atoms with Gasteiger partial charge in [-0.2, -0.15) is 26.9 Å². The maximum atomic E-state index is 14.1. The van der Waals surface area contributed by atoms with E-state index in [9.17, 15) is 31.5 Å². The van der Waals surface area contributed by atoms with Gasteiger partial charge in [0.1, 0.15) is 18.0 Å². The lowest BCUT2D eigenvalue weighted by Gasteiger charge is -2.14. The van der Waals surface area contributed by atoms with Crippen molar-refractivity contribution in [2.24, 2.45) is 0 Å². The zero-order valence-corrected chi connectivity index (χ0v) is 18.5. The number of alkyl halides is 5. The maximum absolute atomic E-state index is 14.1. The highest BCUT2D eigenvalue weighted by molar-refractivity contribution is 5.94. The third kappa shape index (κ3) is 6.09. The van der Waals surface area contributed by atoms with Gasteiger partial charge < -0.3 is 19.4 Å². The van der Waals surface area contributed by atoms with E-state index in [1.54, 1.807) is 6.07 Å². The fraction of sp³-hybridized carbons (Fsp3) is 0.190. The Hall–Kier alpha value is -4.76. The zero-order chi connectivity index (χ0) is 26.8. The van der Waals surface area contributed by atoms with Crippen molar-refractivity contribution in [2.45, 2.75) is 19.0 Å². The Morgan fingerprint density at radius 3 is 2.46 bits per heavy atom. The van der Waals surface area contributed by atoms with Crippen molar-refractivity contribution in [2.75, 3.05) is 11.9 Å². The summed E-state index contributed by atoms with van der Waals surface area (Å²) in [5, 5.41) is 2.69. The molecule has 192 valence electrons. The molecule has 1 amide bonds. The lowest BCUT2D eigenvalue weighted by atomic mass is 10.3. The number of fused-ring (bicyclic) bond motifs is 1. The molecule has 0 bridgehead atoms. The minimum atomic E-state index is -5.25. The van der Waals surface area contributed by atoms with Crippen LogP contribution in [0.1, 0.15) is 12.7 Å². The van der Waals surface area contributed by atoms with Crippen molar-refractivity contribution < 1.29 is 41.0 Å². The van der Waals surface area contributed by atoms with Crippen LogP contribution in [0.25, 0.3) is 16.7 Å². The molecule has 0 saturated heterocycles. The van der Waals surface area contributed by atoms with E-state index in [2.05, 4.69) is 35.0 Å². The van der Waals surface area contributed by atoms with Crippen molar-refractivity contribution in [3.8, 4) is 17.4 Å². The average molecular weight is 523 g/mol. The third-order valence-electron chi connectivity index (χ3n) is 4.50. The van der Waals surface area contributed by atoms with Crippen LogP contribution in [-0.4, -0.2) is 54.1 Å². The van der Waals surface area contributed by atoms with E-state index in [1.807, 2.05) is 0 Å². The number of nitrogens with one attached hydrogen (secondary N) is 1. The summed E-state index contributed by atoms with van der Waals surface area (Å²) in [6.45, 7) is -0.595. The lowest BCUT2D eigenvalue weighted by molar-refractivity contribution is -0.199. The van der Waals surface area contributed by atoms with Crippen LogP contribution in [0.15, 0.2) is 49.3 Å². The van der Waals surface area contributed by atoms with Crippen molar-refractivity contribution in [1.82, 2.24) is 29.5 Å².